The summed E-state index contributed by atoms with van der Waals surface area (Å²) < 4.78 is 0. The average Bonchev–Trinajstić information content (AvgIpc) is 2.73. The lowest BCUT2D eigenvalue weighted by molar-refractivity contribution is 0.795. The van der Waals surface area contributed by atoms with Gasteiger partial charge in [-0.05, 0) is 40.6 Å². The lowest BCUT2D eigenvalue weighted by Crippen LogP contribution is -2.15. The first kappa shape index (κ1) is 16.3. The van der Waals surface area contributed by atoms with E-state index in [2.05, 4.69) is 66.0 Å². The molecule has 27 heavy (non-hydrogen) atoms. The maximum atomic E-state index is 6.15. The van der Waals surface area contributed by atoms with E-state index in [-0.39, 0.29) is 5.92 Å². The first-order chi connectivity index (χ1) is 13.3. The Balaban J connectivity index is 1.86. The summed E-state index contributed by atoms with van der Waals surface area (Å²) in [7, 11) is 1.94. The zero-order valence-corrected chi connectivity index (χ0v) is 15.8. The highest BCUT2D eigenvalue weighted by atomic mass is 35.5. The van der Waals surface area contributed by atoms with Gasteiger partial charge in [0.2, 0.25) is 0 Å². The van der Waals surface area contributed by atoms with E-state index >= 15 is 0 Å². The van der Waals surface area contributed by atoms with Gasteiger partial charge >= 0.3 is 0 Å². The van der Waals surface area contributed by atoms with Gasteiger partial charge in [-0.15, -0.1) is 0 Å². The summed E-state index contributed by atoms with van der Waals surface area (Å²) in [5, 5.41) is 6.48. The van der Waals surface area contributed by atoms with Crippen molar-refractivity contribution in [2.24, 2.45) is 0 Å². The molecule has 0 amide bonds. The van der Waals surface area contributed by atoms with Crippen molar-refractivity contribution in [3.05, 3.63) is 94.5 Å². The van der Waals surface area contributed by atoms with E-state index in [1.54, 1.807) is 0 Å². The Morgan fingerprint density at radius 2 is 1.59 bits per heavy atom. The van der Waals surface area contributed by atoms with Gasteiger partial charge in [-0.25, -0.2) is 4.98 Å². The van der Waals surface area contributed by atoms with Crippen LogP contribution < -0.4 is 5.32 Å². The molecular formula is C24H19ClN2. The molecule has 1 aromatic heterocycles. The smallest absolute Gasteiger partial charge is 0.134 e. The first-order valence-corrected chi connectivity index (χ1v) is 9.58. The molecule has 3 heteroatoms. The molecule has 0 saturated carbocycles. The zero-order valence-electron chi connectivity index (χ0n) is 15.0. The highest BCUT2D eigenvalue weighted by Crippen LogP contribution is 2.46. The second-order valence-corrected chi connectivity index (χ2v) is 7.42. The van der Waals surface area contributed by atoms with Crippen molar-refractivity contribution in [3.63, 3.8) is 0 Å². The minimum Gasteiger partial charge on any atom is -0.373 e. The number of hydrogen-bond donors (Lipinski definition) is 1. The topological polar surface area (TPSA) is 24.9 Å². The van der Waals surface area contributed by atoms with E-state index in [9.17, 15) is 0 Å². The van der Waals surface area contributed by atoms with E-state index in [1.807, 2.05) is 19.2 Å². The molecule has 0 aliphatic heterocycles. The largest absolute Gasteiger partial charge is 0.373 e. The number of anilines is 1. The number of pyridine rings is 1. The van der Waals surface area contributed by atoms with Crippen LogP contribution in [0.1, 0.15) is 22.6 Å². The van der Waals surface area contributed by atoms with Crippen LogP contribution in [0.25, 0.3) is 22.0 Å². The molecule has 0 saturated heterocycles. The van der Waals surface area contributed by atoms with E-state index < -0.39 is 0 Å². The Kier molecular flexibility index (Phi) is 3.87. The van der Waals surface area contributed by atoms with Crippen molar-refractivity contribution in [3.8, 4) is 11.3 Å². The fourth-order valence-electron chi connectivity index (χ4n) is 4.26. The van der Waals surface area contributed by atoms with Crippen molar-refractivity contribution in [1.29, 1.82) is 0 Å². The Hall–Kier alpha value is -2.84. The van der Waals surface area contributed by atoms with E-state index in [0.29, 0.717) is 0 Å². The number of rotatable bonds is 2. The average molecular weight is 371 g/mol. The molecule has 2 nitrogen and oxygen atoms in total. The number of nitrogens with zero attached hydrogens (tertiary/aromatic N) is 1. The summed E-state index contributed by atoms with van der Waals surface area (Å²) in [5.41, 5.74) is 6.25. The molecule has 0 spiro atoms. The molecule has 1 N–H and O–H groups in total. The van der Waals surface area contributed by atoms with Gasteiger partial charge in [0.05, 0.1) is 5.69 Å². The molecule has 1 atom stereocenters. The lowest BCUT2D eigenvalue weighted by Gasteiger charge is -2.29. The number of aromatic nitrogens is 1. The van der Waals surface area contributed by atoms with Gasteiger partial charge in [-0.3, -0.25) is 0 Å². The van der Waals surface area contributed by atoms with Crippen LogP contribution in [0.3, 0.4) is 0 Å². The van der Waals surface area contributed by atoms with Crippen molar-refractivity contribution in [2.75, 3.05) is 12.4 Å². The summed E-state index contributed by atoms with van der Waals surface area (Å²) in [6, 6.07) is 25.4. The fourth-order valence-corrected chi connectivity index (χ4v) is 4.39. The van der Waals surface area contributed by atoms with Crippen molar-refractivity contribution in [2.45, 2.75) is 12.3 Å². The SMILES string of the molecule is CNc1nc2c(c3ccccc13)C(c1ccc(Cl)cc1)Cc1ccccc1-2. The van der Waals surface area contributed by atoms with E-state index in [1.165, 1.54) is 27.6 Å². The van der Waals surface area contributed by atoms with Gasteiger partial charge in [0.1, 0.15) is 5.82 Å². The maximum Gasteiger partial charge on any atom is 0.134 e. The quantitative estimate of drug-likeness (QED) is 0.448. The maximum absolute atomic E-state index is 6.15. The minimum atomic E-state index is 0.260. The number of benzene rings is 3. The molecule has 0 radical (unpaired) electrons. The summed E-state index contributed by atoms with van der Waals surface area (Å²) >= 11 is 6.15. The van der Waals surface area contributed by atoms with Crippen LogP contribution in [0.5, 0.6) is 0 Å². The molecule has 1 aliphatic carbocycles. The number of nitrogens with one attached hydrogen (secondary N) is 1. The summed E-state index contributed by atoms with van der Waals surface area (Å²) in [6.45, 7) is 0. The Morgan fingerprint density at radius 3 is 2.37 bits per heavy atom. The number of hydrogen-bond acceptors (Lipinski definition) is 2. The van der Waals surface area contributed by atoms with Crippen LogP contribution in [0.2, 0.25) is 5.02 Å². The van der Waals surface area contributed by atoms with E-state index in [0.717, 1.165) is 28.3 Å². The molecule has 3 aromatic carbocycles. The number of halogens is 1. The van der Waals surface area contributed by atoms with Gasteiger partial charge < -0.3 is 5.32 Å². The highest BCUT2D eigenvalue weighted by molar-refractivity contribution is 6.30. The third-order valence-electron chi connectivity index (χ3n) is 5.51. The summed E-state index contributed by atoms with van der Waals surface area (Å²) in [5.74, 6) is 1.19. The summed E-state index contributed by atoms with van der Waals surface area (Å²) in [6.07, 6.45) is 0.968. The van der Waals surface area contributed by atoms with Gasteiger partial charge in [-0.2, -0.15) is 0 Å². The third-order valence-corrected chi connectivity index (χ3v) is 5.76. The van der Waals surface area contributed by atoms with Crippen LogP contribution in [0, 0.1) is 0 Å². The molecule has 1 heterocycles. The van der Waals surface area contributed by atoms with Gasteiger partial charge in [-0.1, -0.05) is 72.3 Å². The molecule has 5 rings (SSSR count). The molecule has 132 valence electrons. The van der Waals surface area contributed by atoms with Crippen molar-refractivity contribution < 1.29 is 0 Å². The summed E-state index contributed by atoms with van der Waals surface area (Å²) in [4.78, 5) is 5.06. The predicted molar refractivity (Wildman–Crippen MR) is 114 cm³/mol. The van der Waals surface area contributed by atoms with Crippen LogP contribution in [-0.2, 0) is 6.42 Å². The van der Waals surface area contributed by atoms with Crippen molar-refractivity contribution in [1.82, 2.24) is 4.98 Å². The second-order valence-electron chi connectivity index (χ2n) is 6.98. The number of fused-ring (bicyclic) bond motifs is 5. The van der Waals surface area contributed by atoms with Crippen LogP contribution in [-0.4, -0.2) is 12.0 Å². The Labute approximate surface area is 163 Å². The minimum absolute atomic E-state index is 0.260. The van der Waals surface area contributed by atoms with Crippen LogP contribution in [0.4, 0.5) is 5.82 Å². The normalized spacial score (nSPS) is 15.3. The molecular weight excluding hydrogens is 352 g/mol. The Bertz CT molecular complexity index is 1150. The lowest BCUT2D eigenvalue weighted by atomic mass is 9.76. The van der Waals surface area contributed by atoms with Crippen molar-refractivity contribution >= 4 is 28.2 Å². The van der Waals surface area contributed by atoms with Gasteiger partial charge in [0.15, 0.2) is 0 Å². The van der Waals surface area contributed by atoms with Gasteiger partial charge in [0.25, 0.3) is 0 Å². The third kappa shape index (κ3) is 2.60. The fraction of sp³-hybridized carbons (Fsp3) is 0.125. The zero-order chi connectivity index (χ0) is 18.4. The highest BCUT2D eigenvalue weighted by Gasteiger charge is 2.29. The van der Waals surface area contributed by atoms with Crippen LogP contribution >= 0.6 is 11.6 Å². The predicted octanol–water partition coefficient (Wildman–Crippen LogP) is 6.28. The van der Waals surface area contributed by atoms with Crippen LogP contribution in [0.15, 0.2) is 72.8 Å². The molecule has 0 fully saturated rings. The standard InChI is InChI=1S/C24H19ClN2/c1-26-24-20-9-5-4-8-19(20)22-21(15-10-12-17(25)13-11-15)14-16-6-2-3-7-18(16)23(22)27-24/h2-13,21H,14H2,1H3,(H,26,27). The Morgan fingerprint density at radius 1 is 0.889 bits per heavy atom. The monoisotopic (exact) mass is 370 g/mol. The van der Waals surface area contributed by atoms with Gasteiger partial charge in [0, 0.05) is 28.9 Å². The second kappa shape index (κ2) is 6.40. The molecule has 4 aromatic rings. The van der Waals surface area contributed by atoms with E-state index in [4.69, 9.17) is 16.6 Å². The first-order valence-electron chi connectivity index (χ1n) is 9.20. The molecule has 1 unspecified atom stereocenters. The molecule has 0 bridgehead atoms. The molecule has 1 aliphatic rings.